The van der Waals surface area contributed by atoms with Crippen LogP contribution in [0.25, 0.3) is 0 Å². The Bertz CT molecular complexity index is 302. The number of carbonyl (C=O) groups is 1. The Kier molecular flexibility index (Phi) is 3.37. The molecule has 4 heteroatoms. The first kappa shape index (κ1) is 10.2. The van der Waals surface area contributed by atoms with Crippen LogP contribution in [0, 0.1) is 0 Å². The van der Waals surface area contributed by atoms with Gasteiger partial charge in [0.05, 0.1) is 12.1 Å². The third kappa shape index (κ3) is 3.08. The number of carbonyl (C=O) groups excluding carboxylic acids is 1. The lowest BCUT2D eigenvalue weighted by Crippen LogP contribution is -2.37. The molecule has 1 saturated carbocycles. The van der Waals surface area contributed by atoms with Crippen molar-refractivity contribution in [3.05, 3.63) is 18.0 Å². The second-order valence-electron chi connectivity index (χ2n) is 4.07. The van der Waals surface area contributed by atoms with Gasteiger partial charge in [-0.2, -0.15) is 0 Å². The van der Waals surface area contributed by atoms with E-state index in [2.05, 4.69) is 15.0 Å². The van der Waals surface area contributed by atoms with Crippen molar-refractivity contribution in [2.45, 2.75) is 44.6 Å². The monoisotopic (exact) mass is 208 g/mol. The highest BCUT2D eigenvalue weighted by molar-refractivity contribution is 5.78. The maximum Gasteiger partial charge on any atom is 0.226 e. The number of hydrogen-bond acceptors (Lipinski definition) is 3. The molecule has 0 radical (unpaired) electrons. The number of nitrogens with zero attached hydrogens (tertiary/aromatic N) is 1. The normalized spacial score (nSPS) is 17.6. The molecule has 4 nitrogen and oxygen atoms in total. The number of hydrogen-bond donors (Lipinski definition) is 1. The van der Waals surface area contributed by atoms with Gasteiger partial charge in [0.15, 0.2) is 0 Å². The van der Waals surface area contributed by atoms with Crippen molar-refractivity contribution in [3.63, 3.8) is 0 Å². The quantitative estimate of drug-likeness (QED) is 0.822. The summed E-state index contributed by atoms with van der Waals surface area (Å²) in [5, 5.41) is 6.75. The average Bonchev–Trinajstić information content (AvgIpc) is 2.71. The Balaban J connectivity index is 1.76. The molecule has 82 valence electrons. The fourth-order valence-electron chi connectivity index (χ4n) is 2.02. The predicted octanol–water partition coefficient (Wildman–Crippen LogP) is 1.67. The van der Waals surface area contributed by atoms with Gasteiger partial charge in [0.1, 0.15) is 6.26 Å². The Hall–Kier alpha value is -1.32. The van der Waals surface area contributed by atoms with Crippen LogP contribution >= 0.6 is 0 Å². The number of rotatable bonds is 3. The Morgan fingerprint density at radius 2 is 2.27 bits per heavy atom. The zero-order chi connectivity index (χ0) is 10.5. The summed E-state index contributed by atoms with van der Waals surface area (Å²) in [6.07, 6.45) is 7.81. The van der Waals surface area contributed by atoms with E-state index in [9.17, 15) is 4.79 Å². The Labute approximate surface area is 89.0 Å². The first-order valence-corrected chi connectivity index (χ1v) is 5.53. The molecule has 2 rings (SSSR count). The zero-order valence-electron chi connectivity index (χ0n) is 8.74. The first-order chi connectivity index (χ1) is 7.34. The summed E-state index contributed by atoms with van der Waals surface area (Å²) in [7, 11) is 0. The van der Waals surface area contributed by atoms with Crippen LogP contribution in [0.4, 0.5) is 0 Å². The smallest absolute Gasteiger partial charge is 0.226 e. The van der Waals surface area contributed by atoms with Crippen LogP contribution in [0.5, 0.6) is 0 Å². The van der Waals surface area contributed by atoms with Gasteiger partial charge in [-0.05, 0) is 12.8 Å². The third-order valence-corrected chi connectivity index (χ3v) is 2.80. The lowest BCUT2D eigenvalue weighted by Gasteiger charge is -2.22. The summed E-state index contributed by atoms with van der Waals surface area (Å²) in [5.41, 5.74) is 0.698. The van der Waals surface area contributed by atoms with Gasteiger partial charge in [-0.1, -0.05) is 24.4 Å². The highest BCUT2D eigenvalue weighted by Crippen LogP contribution is 2.17. The summed E-state index contributed by atoms with van der Waals surface area (Å²) in [5.74, 6) is 0.0517. The van der Waals surface area contributed by atoms with E-state index in [1.165, 1.54) is 25.5 Å². The zero-order valence-corrected chi connectivity index (χ0v) is 8.74. The lowest BCUT2D eigenvalue weighted by molar-refractivity contribution is -0.121. The molecule has 0 atom stereocenters. The molecule has 0 saturated heterocycles. The highest BCUT2D eigenvalue weighted by Gasteiger charge is 2.16. The van der Waals surface area contributed by atoms with Crippen LogP contribution in [0.2, 0.25) is 0 Å². The lowest BCUT2D eigenvalue weighted by atomic mass is 9.95. The van der Waals surface area contributed by atoms with E-state index >= 15 is 0 Å². The van der Waals surface area contributed by atoms with Crippen molar-refractivity contribution in [1.82, 2.24) is 10.5 Å². The Morgan fingerprint density at radius 3 is 2.93 bits per heavy atom. The molecule has 0 unspecified atom stereocenters. The van der Waals surface area contributed by atoms with Crippen LogP contribution in [-0.4, -0.2) is 17.1 Å². The minimum Gasteiger partial charge on any atom is -0.364 e. The molecule has 1 amide bonds. The fourth-order valence-corrected chi connectivity index (χ4v) is 2.02. The van der Waals surface area contributed by atoms with Crippen LogP contribution < -0.4 is 5.32 Å². The van der Waals surface area contributed by atoms with Crippen LogP contribution in [-0.2, 0) is 11.2 Å². The van der Waals surface area contributed by atoms with Crippen molar-refractivity contribution in [3.8, 4) is 0 Å². The minimum atomic E-state index is 0.0517. The molecule has 15 heavy (non-hydrogen) atoms. The van der Waals surface area contributed by atoms with E-state index < -0.39 is 0 Å². The van der Waals surface area contributed by atoms with Gasteiger partial charge in [0.2, 0.25) is 5.91 Å². The van der Waals surface area contributed by atoms with Crippen LogP contribution in [0.1, 0.15) is 37.8 Å². The maximum absolute atomic E-state index is 11.6. The molecule has 0 bridgehead atoms. The number of aromatic nitrogens is 1. The van der Waals surface area contributed by atoms with Crippen LogP contribution in [0.15, 0.2) is 16.9 Å². The van der Waals surface area contributed by atoms with E-state index in [1.54, 1.807) is 6.07 Å². The SMILES string of the molecule is O=C(Cc1ccon1)NC1CCCCC1. The average molecular weight is 208 g/mol. The summed E-state index contributed by atoms with van der Waals surface area (Å²) in [6, 6.07) is 2.10. The third-order valence-electron chi connectivity index (χ3n) is 2.80. The molecule has 0 aromatic carbocycles. The molecule has 1 fully saturated rings. The van der Waals surface area contributed by atoms with Crippen molar-refractivity contribution in [2.75, 3.05) is 0 Å². The topological polar surface area (TPSA) is 55.1 Å². The van der Waals surface area contributed by atoms with Gasteiger partial charge in [-0.15, -0.1) is 0 Å². The van der Waals surface area contributed by atoms with E-state index in [0.717, 1.165) is 12.8 Å². The Morgan fingerprint density at radius 1 is 1.47 bits per heavy atom. The van der Waals surface area contributed by atoms with Gasteiger partial charge in [-0.25, -0.2) is 0 Å². The standard InChI is InChI=1S/C11H16N2O2/c14-11(8-10-6-7-15-13-10)12-9-4-2-1-3-5-9/h6-7,9H,1-5,8H2,(H,12,14). The van der Waals surface area contributed by atoms with Gasteiger partial charge >= 0.3 is 0 Å². The van der Waals surface area contributed by atoms with Crippen molar-refractivity contribution >= 4 is 5.91 Å². The molecule has 1 aromatic heterocycles. The van der Waals surface area contributed by atoms with Crippen LogP contribution in [0.3, 0.4) is 0 Å². The molecular weight excluding hydrogens is 192 g/mol. The minimum absolute atomic E-state index is 0.0517. The molecule has 1 aliphatic carbocycles. The second-order valence-corrected chi connectivity index (χ2v) is 4.07. The maximum atomic E-state index is 11.6. The fraction of sp³-hybridized carbons (Fsp3) is 0.636. The van der Waals surface area contributed by atoms with E-state index in [0.29, 0.717) is 18.2 Å². The summed E-state index contributed by atoms with van der Waals surface area (Å²) < 4.78 is 4.68. The van der Waals surface area contributed by atoms with E-state index in [1.807, 2.05) is 0 Å². The molecule has 1 N–H and O–H groups in total. The highest BCUT2D eigenvalue weighted by atomic mass is 16.5. The molecule has 1 aliphatic rings. The van der Waals surface area contributed by atoms with Gasteiger partial charge in [-0.3, -0.25) is 4.79 Å². The van der Waals surface area contributed by atoms with Crippen molar-refractivity contribution in [1.29, 1.82) is 0 Å². The first-order valence-electron chi connectivity index (χ1n) is 5.53. The van der Waals surface area contributed by atoms with Gasteiger partial charge in [0.25, 0.3) is 0 Å². The van der Waals surface area contributed by atoms with Crippen molar-refractivity contribution < 1.29 is 9.32 Å². The molecule has 0 aliphatic heterocycles. The second kappa shape index (κ2) is 4.96. The predicted molar refractivity (Wildman–Crippen MR) is 55.2 cm³/mol. The van der Waals surface area contributed by atoms with Gasteiger partial charge in [0, 0.05) is 12.1 Å². The molecule has 1 aromatic rings. The van der Waals surface area contributed by atoms with E-state index in [4.69, 9.17) is 0 Å². The summed E-state index contributed by atoms with van der Waals surface area (Å²) >= 11 is 0. The summed E-state index contributed by atoms with van der Waals surface area (Å²) in [6.45, 7) is 0. The largest absolute Gasteiger partial charge is 0.364 e. The van der Waals surface area contributed by atoms with E-state index in [-0.39, 0.29) is 5.91 Å². The molecular formula is C11H16N2O2. The summed E-state index contributed by atoms with van der Waals surface area (Å²) in [4.78, 5) is 11.6. The number of amides is 1. The molecule has 0 spiro atoms. The van der Waals surface area contributed by atoms with Crippen molar-refractivity contribution in [2.24, 2.45) is 0 Å². The number of nitrogens with one attached hydrogen (secondary N) is 1. The molecule has 1 heterocycles. The van der Waals surface area contributed by atoms with Gasteiger partial charge < -0.3 is 9.84 Å².